The molecule has 0 aliphatic carbocycles. The number of phenols is 1. The van der Waals surface area contributed by atoms with Crippen molar-refractivity contribution >= 4 is 78.2 Å². The van der Waals surface area contributed by atoms with E-state index in [1.54, 1.807) is 6.21 Å². The van der Waals surface area contributed by atoms with Crippen molar-refractivity contribution < 1.29 is 23.3 Å². The fourth-order valence-electron chi connectivity index (χ4n) is 5.02. The summed E-state index contributed by atoms with van der Waals surface area (Å²) in [5.74, 6) is 0.241. The molecule has 0 aromatic heterocycles. The molecule has 1 N–H and O–H groups in total. The van der Waals surface area contributed by atoms with Crippen molar-refractivity contribution in [2.24, 2.45) is 4.99 Å². The van der Waals surface area contributed by atoms with E-state index in [9.17, 15) is 5.11 Å². The number of phenolic OH excluding ortho intramolecular Hbond substituents is 1. The zero-order chi connectivity index (χ0) is 32.1. The van der Waals surface area contributed by atoms with Crippen molar-refractivity contribution in [1.29, 1.82) is 0 Å². The summed E-state index contributed by atoms with van der Waals surface area (Å²) in [4.78, 5) is 4.81. The minimum absolute atomic E-state index is 0.241. The van der Waals surface area contributed by atoms with Crippen molar-refractivity contribution in [3.63, 3.8) is 0 Å². The number of hydrogen-bond acceptors (Lipinski definition) is 2. The van der Waals surface area contributed by atoms with Crippen LogP contribution >= 0.6 is 34.1 Å². The second kappa shape index (κ2) is 17.6. The Balaban J connectivity index is 0.000000360. The molecule has 0 aliphatic heterocycles. The van der Waals surface area contributed by atoms with Crippen LogP contribution in [0.2, 0.25) is 0 Å². The number of aromatic hydroxyl groups is 1. The molecule has 227 valence electrons. The molecule has 7 aromatic carbocycles. The SMILES string of the molecule is Oc1c(C=Nc2ccccc2Pc2ccccc2)cccc1-c1c2ccccc2cc2ccccc12.[Cl][Zr]([Cl])[Cl].[c-]1ccccc1. The number of aliphatic imine (C=N–C) groups is 1. The maximum atomic E-state index is 11.5. The normalized spacial score (nSPS) is 10.8. The molecule has 7 rings (SSSR count). The van der Waals surface area contributed by atoms with E-state index in [0.29, 0.717) is 14.1 Å². The number of benzene rings is 7. The zero-order valence-corrected chi connectivity index (χ0v) is 30.3. The number of fused-ring (bicyclic) bond motifs is 2. The first-order valence-corrected chi connectivity index (χ1v) is 24.9. The van der Waals surface area contributed by atoms with Crippen LogP contribution in [0.4, 0.5) is 5.69 Å². The van der Waals surface area contributed by atoms with Crippen molar-refractivity contribution in [3.8, 4) is 16.9 Å². The molecule has 0 fully saturated rings. The van der Waals surface area contributed by atoms with Crippen LogP contribution in [0.3, 0.4) is 0 Å². The topological polar surface area (TPSA) is 32.6 Å². The van der Waals surface area contributed by atoms with E-state index >= 15 is 0 Å². The van der Waals surface area contributed by atoms with E-state index in [1.807, 2.05) is 84.9 Å². The maximum absolute atomic E-state index is 11.5. The zero-order valence-electron chi connectivity index (χ0n) is 24.6. The Kier molecular flexibility index (Phi) is 13.0. The minimum Gasteiger partial charge on any atom is -0.184 e. The monoisotopic (exact) mass is 753 g/mol. The second-order valence-corrected chi connectivity index (χ2v) is 22.6. The number of halogens is 3. The van der Waals surface area contributed by atoms with Crippen LogP contribution in [-0.2, 0) is 18.2 Å². The molecule has 0 radical (unpaired) electrons. The Bertz CT molecular complexity index is 1960. The Labute approximate surface area is 290 Å². The predicted molar refractivity (Wildman–Crippen MR) is 199 cm³/mol. The average molecular weight is 756 g/mol. The Morgan fingerprint density at radius 1 is 0.630 bits per heavy atom. The van der Waals surface area contributed by atoms with Crippen LogP contribution in [0.25, 0.3) is 32.7 Å². The van der Waals surface area contributed by atoms with Crippen LogP contribution in [0, 0.1) is 6.07 Å². The first-order valence-electron chi connectivity index (χ1n) is 14.4. The summed E-state index contributed by atoms with van der Waals surface area (Å²) in [6, 6.07) is 56.0. The van der Waals surface area contributed by atoms with Gasteiger partial charge >= 0.3 is 43.7 Å². The van der Waals surface area contributed by atoms with Gasteiger partial charge in [0, 0.05) is 28.2 Å². The number of rotatable bonds is 5. The summed E-state index contributed by atoms with van der Waals surface area (Å²) >= 11 is -2.13. The van der Waals surface area contributed by atoms with Crippen molar-refractivity contribution in [3.05, 3.63) is 169 Å². The van der Waals surface area contributed by atoms with Crippen LogP contribution in [0.15, 0.2) is 163 Å². The summed E-state index contributed by atoms with van der Waals surface area (Å²) in [6.45, 7) is 0. The van der Waals surface area contributed by atoms with Gasteiger partial charge in [-0.2, -0.15) is 36.4 Å². The number of hydrogen-bond donors (Lipinski definition) is 1. The molecule has 0 saturated heterocycles. The number of nitrogens with zero attached hydrogens (tertiary/aromatic N) is 1. The Morgan fingerprint density at radius 2 is 1.20 bits per heavy atom. The summed E-state index contributed by atoms with van der Waals surface area (Å²) < 4.78 is 0. The molecule has 7 heteroatoms. The summed E-state index contributed by atoms with van der Waals surface area (Å²) in [6.07, 6.45) is 1.78. The summed E-state index contributed by atoms with van der Waals surface area (Å²) in [5, 5.41) is 18.4. The third kappa shape index (κ3) is 9.39. The summed E-state index contributed by atoms with van der Waals surface area (Å²) in [5.41, 5.74) is 3.47. The molecule has 0 heterocycles. The van der Waals surface area contributed by atoms with E-state index < -0.39 is 18.2 Å². The van der Waals surface area contributed by atoms with Crippen molar-refractivity contribution in [2.75, 3.05) is 0 Å². The van der Waals surface area contributed by atoms with Gasteiger partial charge in [0.15, 0.2) is 0 Å². The fraction of sp³-hybridized carbons (Fsp3) is 0. The Hall–Kier alpha value is -3.29. The molecule has 0 amide bonds. The Morgan fingerprint density at radius 3 is 1.80 bits per heavy atom. The minimum atomic E-state index is -2.13. The van der Waals surface area contributed by atoms with E-state index in [1.165, 1.54) is 10.6 Å². The molecule has 46 heavy (non-hydrogen) atoms. The average Bonchev–Trinajstić information content (AvgIpc) is 3.09. The van der Waals surface area contributed by atoms with Gasteiger partial charge in [0.25, 0.3) is 0 Å². The maximum Gasteiger partial charge on any atom is -0.171 e. The predicted octanol–water partition coefficient (Wildman–Crippen LogP) is 11.3. The molecule has 0 spiro atoms. The van der Waals surface area contributed by atoms with Gasteiger partial charge in [-0.05, 0) is 45.0 Å². The standard InChI is InChI=1S/C33H24NOP.C6H5.3ClH.Zr/c35-33-25(22-34-30-19-8-9-20-31(30)36-26-14-2-1-3-15-26)13-10-18-29(33)32-27-16-6-4-11-23(27)21-24-12-5-7-17-28(24)32;1-2-4-6-5-3-1;;;;/h1-22,35-36H;1-5H;3*1H;/q;-1;;;;+3/p-3. The summed E-state index contributed by atoms with van der Waals surface area (Å²) in [7, 11) is 15.5. The molecule has 2 nitrogen and oxygen atoms in total. The van der Waals surface area contributed by atoms with E-state index in [4.69, 9.17) is 30.5 Å². The fourth-order valence-corrected chi connectivity index (χ4v) is 6.15. The van der Waals surface area contributed by atoms with Crippen LogP contribution < -0.4 is 10.6 Å². The third-order valence-corrected chi connectivity index (χ3v) is 8.33. The van der Waals surface area contributed by atoms with Crippen molar-refractivity contribution in [1.82, 2.24) is 0 Å². The molecule has 0 aliphatic rings. The van der Waals surface area contributed by atoms with Crippen LogP contribution in [0.1, 0.15) is 5.56 Å². The van der Waals surface area contributed by atoms with E-state index in [0.717, 1.165) is 38.4 Å². The molecule has 1 atom stereocenters. The molecular formula is C39H29Cl3NOPZr-. The van der Waals surface area contributed by atoms with E-state index in [2.05, 4.69) is 78.9 Å². The van der Waals surface area contributed by atoms with Gasteiger partial charge in [-0.1, -0.05) is 118 Å². The molecule has 0 saturated carbocycles. The van der Waals surface area contributed by atoms with Crippen LogP contribution in [0.5, 0.6) is 5.75 Å². The second-order valence-electron chi connectivity index (χ2n) is 10.00. The van der Waals surface area contributed by atoms with Gasteiger partial charge in [0.2, 0.25) is 0 Å². The molecule has 0 bridgehead atoms. The molecule has 1 unspecified atom stereocenters. The van der Waals surface area contributed by atoms with Gasteiger partial charge in [-0.25, -0.2) is 0 Å². The largest absolute Gasteiger partial charge is 0.184 e. The van der Waals surface area contributed by atoms with Gasteiger partial charge in [-0.3, -0.25) is 4.99 Å². The number of para-hydroxylation sites is 2. The first kappa shape index (κ1) is 34.1. The van der Waals surface area contributed by atoms with Crippen molar-refractivity contribution in [2.45, 2.75) is 0 Å². The van der Waals surface area contributed by atoms with Gasteiger partial charge in [0.05, 0.1) is 5.69 Å². The molecular weight excluding hydrogens is 727 g/mol. The van der Waals surface area contributed by atoms with Gasteiger partial charge in [-0.15, -0.1) is 0 Å². The quantitative estimate of drug-likeness (QED) is 0.0807. The molecule has 7 aromatic rings. The third-order valence-electron chi connectivity index (χ3n) is 7.01. The van der Waals surface area contributed by atoms with Crippen LogP contribution in [-0.4, -0.2) is 11.3 Å². The first-order chi connectivity index (χ1) is 22.5. The van der Waals surface area contributed by atoms with E-state index in [-0.39, 0.29) is 5.75 Å². The van der Waals surface area contributed by atoms with Gasteiger partial charge < -0.3 is 5.11 Å². The smallest absolute Gasteiger partial charge is 0.171 e. The van der Waals surface area contributed by atoms with Gasteiger partial charge in [0.1, 0.15) is 5.75 Å².